The van der Waals surface area contributed by atoms with E-state index in [0.29, 0.717) is 4.70 Å². The van der Waals surface area contributed by atoms with Crippen LogP contribution in [0.3, 0.4) is 0 Å². The molecule has 0 atom stereocenters. The summed E-state index contributed by atoms with van der Waals surface area (Å²) in [6, 6.07) is 3.83. The van der Waals surface area contributed by atoms with Gasteiger partial charge in [0.25, 0.3) is 5.56 Å². The third-order valence-corrected chi connectivity index (χ3v) is 3.74. The van der Waals surface area contributed by atoms with Crippen molar-refractivity contribution >= 4 is 31.8 Å². The average Bonchev–Trinajstić information content (AvgIpc) is 2.69. The van der Waals surface area contributed by atoms with Crippen LogP contribution in [0.25, 0.3) is 20.4 Å². The van der Waals surface area contributed by atoms with Gasteiger partial charge in [0.1, 0.15) is 15.4 Å². The lowest BCUT2D eigenvalue weighted by atomic mass is 10.3. The molecule has 0 spiro atoms. The van der Waals surface area contributed by atoms with Gasteiger partial charge in [-0.15, -0.1) is 11.3 Å². The minimum atomic E-state index is -0.0542. The van der Waals surface area contributed by atoms with Gasteiger partial charge >= 0.3 is 0 Å². The van der Waals surface area contributed by atoms with Gasteiger partial charge in [0.2, 0.25) is 0 Å². The minimum Gasteiger partial charge on any atom is -0.309 e. The molecule has 0 bridgehead atoms. The SMILES string of the molecule is CCCc1nc2c(sc3ncccc32)c(=O)[nH]1. The molecular weight excluding hydrogens is 234 g/mol. The molecule has 0 saturated heterocycles. The van der Waals surface area contributed by atoms with Crippen molar-refractivity contribution < 1.29 is 0 Å². The van der Waals surface area contributed by atoms with Crippen LogP contribution < -0.4 is 5.56 Å². The van der Waals surface area contributed by atoms with Gasteiger partial charge in [-0.25, -0.2) is 9.97 Å². The van der Waals surface area contributed by atoms with Crippen molar-refractivity contribution in [3.05, 3.63) is 34.5 Å². The van der Waals surface area contributed by atoms with E-state index in [9.17, 15) is 4.79 Å². The first-order valence-corrected chi connectivity index (χ1v) is 6.37. The maximum atomic E-state index is 11.9. The number of thiophene rings is 1. The Labute approximate surface area is 101 Å². The number of aryl methyl sites for hydroxylation is 1. The molecule has 0 aliphatic carbocycles. The van der Waals surface area contributed by atoms with E-state index < -0.39 is 0 Å². The Hall–Kier alpha value is -1.75. The fraction of sp³-hybridized carbons (Fsp3) is 0.250. The first-order valence-electron chi connectivity index (χ1n) is 5.56. The number of H-pyrrole nitrogens is 1. The molecule has 1 N–H and O–H groups in total. The molecule has 3 heterocycles. The number of hydrogen-bond donors (Lipinski definition) is 1. The van der Waals surface area contributed by atoms with Crippen molar-refractivity contribution in [2.75, 3.05) is 0 Å². The van der Waals surface area contributed by atoms with Crippen molar-refractivity contribution in [3.8, 4) is 0 Å². The quantitative estimate of drug-likeness (QED) is 0.754. The lowest BCUT2D eigenvalue weighted by Gasteiger charge is -1.97. The van der Waals surface area contributed by atoms with E-state index in [1.165, 1.54) is 11.3 Å². The van der Waals surface area contributed by atoms with E-state index in [0.717, 1.165) is 34.4 Å². The fourth-order valence-electron chi connectivity index (χ4n) is 1.89. The van der Waals surface area contributed by atoms with Crippen LogP contribution in [-0.2, 0) is 6.42 Å². The molecular formula is C12H11N3OS. The van der Waals surface area contributed by atoms with E-state index in [2.05, 4.69) is 21.9 Å². The molecule has 3 aromatic rings. The van der Waals surface area contributed by atoms with Crippen LogP contribution >= 0.6 is 11.3 Å². The normalized spacial score (nSPS) is 11.4. The monoisotopic (exact) mass is 245 g/mol. The third kappa shape index (κ3) is 1.63. The summed E-state index contributed by atoms with van der Waals surface area (Å²) in [5.41, 5.74) is 0.728. The van der Waals surface area contributed by atoms with Gasteiger partial charge in [0.05, 0.1) is 5.52 Å². The molecule has 0 saturated carbocycles. The maximum Gasteiger partial charge on any atom is 0.268 e. The standard InChI is InChI=1S/C12H11N3OS/c1-2-4-8-14-9-7-5-3-6-13-12(7)17-10(9)11(16)15-8/h3,5-6H,2,4H2,1H3,(H,14,15,16). The summed E-state index contributed by atoms with van der Waals surface area (Å²) in [6.07, 6.45) is 3.50. The molecule has 0 fully saturated rings. The van der Waals surface area contributed by atoms with Crippen LogP contribution in [0.1, 0.15) is 19.2 Å². The Morgan fingerprint density at radius 3 is 3.18 bits per heavy atom. The van der Waals surface area contributed by atoms with E-state index >= 15 is 0 Å². The van der Waals surface area contributed by atoms with Crippen molar-refractivity contribution in [1.29, 1.82) is 0 Å². The molecule has 0 unspecified atom stereocenters. The van der Waals surface area contributed by atoms with Crippen molar-refractivity contribution in [2.24, 2.45) is 0 Å². The molecule has 0 aliphatic rings. The molecule has 5 heteroatoms. The zero-order valence-electron chi connectivity index (χ0n) is 9.36. The van der Waals surface area contributed by atoms with E-state index in [1.807, 2.05) is 12.1 Å². The zero-order valence-corrected chi connectivity index (χ0v) is 10.2. The zero-order chi connectivity index (χ0) is 11.8. The second-order valence-electron chi connectivity index (χ2n) is 3.90. The molecule has 17 heavy (non-hydrogen) atoms. The first kappa shape index (κ1) is 10.4. The van der Waals surface area contributed by atoms with Crippen LogP contribution in [0.5, 0.6) is 0 Å². The second kappa shape index (κ2) is 3.92. The Bertz CT molecular complexity index is 744. The summed E-state index contributed by atoms with van der Waals surface area (Å²) in [7, 11) is 0. The minimum absolute atomic E-state index is 0.0542. The van der Waals surface area contributed by atoms with Crippen LogP contribution in [0.4, 0.5) is 0 Å². The fourth-order valence-corrected chi connectivity index (χ4v) is 2.87. The van der Waals surface area contributed by atoms with Gasteiger partial charge in [-0.05, 0) is 18.6 Å². The highest BCUT2D eigenvalue weighted by Gasteiger charge is 2.11. The van der Waals surface area contributed by atoms with Crippen LogP contribution in [0, 0.1) is 0 Å². The maximum absolute atomic E-state index is 11.9. The number of aromatic nitrogens is 3. The smallest absolute Gasteiger partial charge is 0.268 e. The lowest BCUT2D eigenvalue weighted by Crippen LogP contribution is -2.10. The number of aromatic amines is 1. The summed E-state index contributed by atoms with van der Waals surface area (Å²) >= 11 is 1.40. The van der Waals surface area contributed by atoms with Gasteiger partial charge in [-0.1, -0.05) is 6.92 Å². The van der Waals surface area contributed by atoms with Crippen LogP contribution in [-0.4, -0.2) is 15.0 Å². The first-order chi connectivity index (χ1) is 8.29. The predicted octanol–water partition coefficient (Wildman–Crippen LogP) is 2.49. The van der Waals surface area contributed by atoms with Crippen LogP contribution in [0.2, 0.25) is 0 Å². The van der Waals surface area contributed by atoms with E-state index in [1.54, 1.807) is 6.20 Å². The van der Waals surface area contributed by atoms with E-state index in [-0.39, 0.29) is 5.56 Å². The number of fused-ring (bicyclic) bond motifs is 3. The van der Waals surface area contributed by atoms with Gasteiger partial charge in [0.15, 0.2) is 0 Å². The van der Waals surface area contributed by atoms with Crippen molar-refractivity contribution in [3.63, 3.8) is 0 Å². The van der Waals surface area contributed by atoms with Crippen molar-refractivity contribution in [2.45, 2.75) is 19.8 Å². The molecule has 3 aromatic heterocycles. The Balaban J connectivity index is 2.42. The van der Waals surface area contributed by atoms with Crippen molar-refractivity contribution in [1.82, 2.24) is 15.0 Å². The highest BCUT2D eigenvalue weighted by Crippen LogP contribution is 2.28. The van der Waals surface area contributed by atoms with Crippen LogP contribution in [0.15, 0.2) is 23.1 Å². The number of pyridine rings is 1. The molecule has 0 aliphatic heterocycles. The molecule has 3 rings (SSSR count). The topological polar surface area (TPSA) is 58.6 Å². The number of nitrogens with zero attached hydrogens (tertiary/aromatic N) is 2. The summed E-state index contributed by atoms with van der Waals surface area (Å²) in [4.78, 5) is 24.4. The average molecular weight is 245 g/mol. The number of rotatable bonds is 2. The highest BCUT2D eigenvalue weighted by molar-refractivity contribution is 7.25. The van der Waals surface area contributed by atoms with Gasteiger partial charge < -0.3 is 4.98 Å². The number of nitrogens with one attached hydrogen (secondary N) is 1. The predicted molar refractivity (Wildman–Crippen MR) is 69.5 cm³/mol. The molecule has 86 valence electrons. The summed E-state index contributed by atoms with van der Waals surface area (Å²) in [6.45, 7) is 2.07. The molecule has 0 amide bonds. The second-order valence-corrected chi connectivity index (χ2v) is 4.90. The summed E-state index contributed by atoms with van der Waals surface area (Å²) in [5, 5.41) is 0.968. The van der Waals surface area contributed by atoms with Gasteiger partial charge in [-0.2, -0.15) is 0 Å². The summed E-state index contributed by atoms with van der Waals surface area (Å²) < 4.78 is 0.665. The Morgan fingerprint density at radius 1 is 1.47 bits per heavy atom. The van der Waals surface area contributed by atoms with E-state index in [4.69, 9.17) is 0 Å². The molecule has 0 radical (unpaired) electrons. The number of hydrogen-bond acceptors (Lipinski definition) is 4. The summed E-state index contributed by atoms with van der Waals surface area (Å²) in [5.74, 6) is 0.758. The van der Waals surface area contributed by atoms with Gasteiger partial charge in [0, 0.05) is 18.0 Å². The third-order valence-electron chi connectivity index (χ3n) is 2.64. The molecule has 4 nitrogen and oxygen atoms in total. The Kier molecular flexibility index (Phi) is 2.40. The highest BCUT2D eigenvalue weighted by atomic mass is 32.1. The van der Waals surface area contributed by atoms with Gasteiger partial charge in [-0.3, -0.25) is 4.79 Å². The molecule has 0 aromatic carbocycles. The largest absolute Gasteiger partial charge is 0.309 e. The Morgan fingerprint density at radius 2 is 2.35 bits per heavy atom. The lowest BCUT2D eigenvalue weighted by molar-refractivity contribution is 0.838.